The van der Waals surface area contributed by atoms with Gasteiger partial charge in [-0.1, -0.05) is 67.6 Å². The monoisotopic (exact) mass is 247 g/mol. The molecule has 1 heteroatoms. The molecule has 1 nitrogen and oxygen atoms in total. The van der Waals surface area contributed by atoms with E-state index in [1.54, 1.807) is 0 Å². The zero-order valence-corrected chi connectivity index (χ0v) is 11.1. The minimum Gasteiger partial charge on any atom is -0.358 e. The van der Waals surface area contributed by atoms with Crippen LogP contribution in [0.3, 0.4) is 0 Å². The summed E-state index contributed by atoms with van der Waals surface area (Å²) < 4.78 is 0. The molecule has 0 spiro atoms. The number of nitrogens with one attached hydrogen (secondary N) is 1. The molecule has 0 amide bonds. The number of rotatable bonds is 3. The van der Waals surface area contributed by atoms with Crippen LogP contribution in [0.1, 0.15) is 12.6 Å². The Morgan fingerprint density at radius 2 is 1.37 bits per heavy atom. The first-order valence-electron chi connectivity index (χ1n) is 6.71. The zero-order chi connectivity index (χ0) is 13.1. The molecule has 1 heterocycles. The molecule has 3 aromatic rings. The number of hydrogen-bond donors (Lipinski definition) is 1. The van der Waals surface area contributed by atoms with E-state index in [1.807, 2.05) is 6.07 Å². The lowest BCUT2D eigenvalue weighted by Crippen LogP contribution is -1.84. The lowest BCUT2D eigenvalue weighted by atomic mass is 10.0. The first-order chi connectivity index (χ1) is 9.38. The summed E-state index contributed by atoms with van der Waals surface area (Å²) in [4.78, 5) is 3.55. The standard InChI is InChI=1S/C18H17N/c1-2-17-16(14-9-5-3-6-10-14)13-18(19-17)15-11-7-4-8-12-15/h3-13,19H,2H2,1H3. The third-order valence-corrected chi connectivity index (χ3v) is 3.42. The summed E-state index contributed by atoms with van der Waals surface area (Å²) in [5, 5.41) is 0. The van der Waals surface area contributed by atoms with Gasteiger partial charge in [-0.2, -0.15) is 0 Å². The smallest absolute Gasteiger partial charge is 0.0462 e. The Morgan fingerprint density at radius 1 is 0.789 bits per heavy atom. The van der Waals surface area contributed by atoms with Crippen LogP contribution in [0.5, 0.6) is 0 Å². The normalized spacial score (nSPS) is 10.6. The summed E-state index contributed by atoms with van der Waals surface area (Å²) in [6, 6.07) is 23.3. The fourth-order valence-corrected chi connectivity index (χ4v) is 2.42. The maximum atomic E-state index is 3.55. The molecule has 1 aromatic heterocycles. The van der Waals surface area contributed by atoms with Crippen molar-refractivity contribution in [3.8, 4) is 22.4 Å². The van der Waals surface area contributed by atoms with Crippen LogP contribution < -0.4 is 0 Å². The third-order valence-electron chi connectivity index (χ3n) is 3.42. The quantitative estimate of drug-likeness (QED) is 0.676. The van der Waals surface area contributed by atoms with Crippen molar-refractivity contribution < 1.29 is 0 Å². The van der Waals surface area contributed by atoms with E-state index in [0.717, 1.165) is 6.42 Å². The maximum absolute atomic E-state index is 3.55. The summed E-state index contributed by atoms with van der Waals surface area (Å²) in [6.45, 7) is 2.19. The molecule has 0 aliphatic heterocycles. The number of aromatic amines is 1. The van der Waals surface area contributed by atoms with Crippen molar-refractivity contribution in [1.29, 1.82) is 0 Å². The summed E-state index contributed by atoms with van der Waals surface area (Å²) in [6.07, 6.45) is 1.01. The fraction of sp³-hybridized carbons (Fsp3) is 0.111. The highest BCUT2D eigenvalue weighted by Crippen LogP contribution is 2.29. The number of H-pyrrole nitrogens is 1. The molecule has 94 valence electrons. The van der Waals surface area contributed by atoms with Gasteiger partial charge in [-0.25, -0.2) is 0 Å². The molecule has 0 saturated carbocycles. The van der Waals surface area contributed by atoms with E-state index in [1.165, 1.54) is 28.1 Å². The van der Waals surface area contributed by atoms with Crippen LogP contribution in [0.25, 0.3) is 22.4 Å². The Balaban J connectivity index is 2.09. The minimum absolute atomic E-state index is 1.01. The van der Waals surface area contributed by atoms with Crippen LogP contribution in [0, 0.1) is 0 Å². The summed E-state index contributed by atoms with van der Waals surface area (Å²) in [5.41, 5.74) is 6.31. The highest BCUT2D eigenvalue weighted by Gasteiger charge is 2.09. The van der Waals surface area contributed by atoms with Gasteiger partial charge in [0.25, 0.3) is 0 Å². The van der Waals surface area contributed by atoms with Crippen LogP contribution in [0.4, 0.5) is 0 Å². The van der Waals surface area contributed by atoms with Gasteiger partial charge in [0.2, 0.25) is 0 Å². The van der Waals surface area contributed by atoms with Crippen molar-refractivity contribution in [2.75, 3.05) is 0 Å². The molecule has 0 bridgehead atoms. The van der Waals surface area contributed by atoms with Gasteiger partial charge in [0, 0.05) is 17.0 Å². The Hall–Kier alpha value is -2.28. The van der Waals surface area contributed by atoms with Crippen LogP contribution in [-0.4, -0.2) is 4.98 Å². The van der Waals surface area contributed by atoms with Crippen molar-refractivity contribution in [3.63, 3.8) is 0 Å². The molecule has 2 aromatic carbocycles. The summed E-state index contributed by atoms with van der Waals surface area (Å²) in [7, 11) is 0. The molecule has 3 rings (SSSR count). The van der Waals surface area contributed by atoms with Gasteiger partial charge < -0.3 is 4.98 Å². The largest absolute Gasteiger partial charge is 0.358 e. The molecule has 0 fully saturated rings. The lowest BCUT2D eigenvalue weighted by molar-refractivity contribution is 1.07. The summed E-state index contributed by atoms with van der Waals surface area (Å²) in [5.74, 6) is 0. The van der Waals surface area contributed by atoms with E-state index < -0.39 is 0 Å². The molecule has 0 aliphatic carbocycles. The highest BCUT2D eigenvalue weighted by molar-refractivity contribution is 5.74. The van der Waals surface area contributed by atoms with E-state index in [2.05, 4.69) is 72.6 Å². The third kappa shape index (κ3) is 2.32. The Morgan fingerprint density at radius 3 is 1.95 bits per heavy atom. The SMILES string of the molecule is CCc1[nH]c(-c2ccccc2)cc1-c1ccccc1. The fourth-order valence-electron chi connectivity index (χ4n) is 2.42. The number of aryl methyl sites for hydroxylation is 1. The van der Waals surface area contributed by atoms with E-state index in [4.69, 9.17) is 0 Å². The van der Waals surface area contributed by atoms with Gasteiger partial charge >= 0.3 is 0 Å². The number of benzene rings is 2. The van der Waals surface area contributed by atoms with Crippen LogP contribution >= 0.6 is 0 Å². The predicted octanol–water partition coefficient (Wildman–Crippen LogP) is 4.91. The van der Waals surface area contributed by atoms with Crippen molar-refractivity contribution in [2.24, 2.45) is 0 Å². The topological polar surface area (TPSA) is 15.8 Å². The second-order valence-electron chi connectivity index (χ2n) is 4.66. The minimum atomic E-state index is 1.01. The average molecular weight is 247 g/mol. The van der Waals surface area contributed by atoms with Gasteiger partial charge in [0.1, 0.15) is 0 Å². The molecular formula is C18H17N. The molecule has 0 unspecified atom stereocenters. The first kappa shape index (κ1) is 11.8. The molecular weight excluding hydrogens is 230 g/mol. The lowest BCUT2D eigenvalue weighted by Gasteiger charge is -2.00. The van der Waals surface area contributed by atoms with Crippen LogP contribution in [-0.2, 0) is 6.42 Å². The van der Waals surface area contributed by atoms with Crippen LogP contribution in [0.2, 0.25) is 0 Å². The number of hydrogen-bond acceptors (Lipinski definition) is 0. The first-order valence-corrected chi connectivity index (χ1v) is 6.71. The Kier molecular flexibility index (Phi) is 3.20. The highest BCUT2D eigenvalue weighted by atomic mass is 14.7. The predicted molar refractivity (Wildman–Crippen MR) is 81.0 cm³/mol. The van der Waals surface area contributed by atoms with E-state index in [9.17, 15) is 0 Å². The van der Waals surface area contributed by atoms with Gasteiger partial charge in [0.05, 0.1) is 0 Å². The molecule has 0 radical (unpaired) electrons. The Bertz CT molecular complexity index is 651. The maximum Gasteiger partial charge on any atom is 0.0462 e. The van der Waals surface area contributed by atoms with Crippen molar-refractivity contribution in [3.05, 3.63) is 72.4 Å². The molecule has 19 heavy (non-hydrogen) atoms. The Labute approximate surface area is 113 Å². The zero-order valence-electron chi connectivity index (χ0n) is 11.1. The van der Waals surface area contributed by atoms with Crippen molar-refractivity contribution >= 4 is 0 Å². The number of aromatic nitrogens is 1. The van der Waals surface area contributed by atoms with Gasteiger partial charge in [-0.3, -0.25) is 0 Å². The average Bonchev–Trinajstić information content (AvgIpc) is 2.93. The molecule has 1 N–H and O–H groups in total. The molecule has 0 atom stereocenters. The molecule has 0 saturated heterocycles. The van der Waals surface area contributed by atoms with Gasteiger partial charge in [-0.15, -0.1) is 0 Å². The second-order valence-corrected chi connectivity index (χ2v) is 4.66. The summed E-state index contributed by atoms with van der Waals surface area (Å²) >= 11 is 0. The van der Waals surface area contributed by atoms with Gasteiger partial charge in [-0.05, 0) is 23.6 Å². The van der Waals surface area contributed by atoms with E-state index in [0.29, 0.717) is 0 Å². The second kappa shape index (κ2) is 5.15. The van der Waals surface area contributed by atoms with E-state index >= 15 is 0 Å². The molecule has 0 aliphatic rings. The van der Waals surface area contributed by atoms with Crippen LogP contribution in [0.15, 0.2) is 66.7 Å². The van der Waals surface area contributed by atoms with Crippen molar-refractivity contribution in [1.82, 2.24) is 4.98 Å². The van der Waals surface area contributed by atoms with E-state index in [-0.39, 0.29) is 0 Å². The van der Waals surface area contributed by atoms with Gasteiger partial charge in [0.15, 0.2) is 0 Å². The van der Waals surface area contributed by atoms with Crippen molar-refractivity contribution in [2.45, 2.75) is 13.3 Å².